The molecule has 0 aromatic rings. The average molecular weight is 379 g/mol. The minimum atomic E-state index is -0.394. The van der Waals surface area contributed by atoms with Crippen molar-refractivity contribution in [2.45, 2.75) is 70.4 Å². The summed E-state index contributed by atoms with van der Waals surface area (Å²) < 4.78 is 0. The summed E-state index contributed by atoms with van der Waals surface area (Å²) in [5.41, 5.74) is -0.421. The van der Waals surface area contributed by atoms with Gasteiger partial charge in [-0.2, -0.15) is 0 Å². The fraction of sp³-hybridized carbons (Fsp3) is 0.850. The summed E-state index contributed by atoms with van der Waals surface area (Å²) in [6.45, 7) is 5.85. The molecule has 3 N–H and O–H groups in total. The summed E-state index contributed by atoms with van der Waals surface area (Å²) in [6.07, 6.45) is 7.07. The van der Waals surface area contributed by atoms with Crippen LogP contribution in [0.15, 0.2) is 0 Å². The molecule has 4 rings (SSSR count). The third-order valence-corrected chi connectivity index (χ3v) is 6.01. The Morgan fingerprint density at radius 2 is 1.41 bits per heavy atom. The van der Waals surface area contributed by atoms with E-state index in [9.17, 15) is 14.4 Å². The van der Waals surface area contributed by atoms with Crippen molar-refractivity contribution in [3.05, 3.63) is 0 Å². The first-order valence-corrected chi connectivity index (χ1v) is 10.1. The molecule has 27 heavy (non-hydrogen) atoms. The number of rotatable bonds is 5. The van der Waals surface area contributed by atoms with Crippen molar-refractivity contribution >= 4 is 17.8 Å². The highest BCUT2D eigenvalue weighted by Crippen LogP contribution is 2.55. The van der Waals surface area contributed by atoms with Gasteiger partial charge in [0.2, 0.25) is 11.8 Å². The van der Waals surface area contributed by atoms with E-state index in [0.29, 0.717) is 0 Å². The molecular formula is C20H34N4O3. The minimum absolute atomic E-state index is 0.00581. The van der Waals surface area contributed by atoms with Crippen molar-refractivity contribution < 1.29 is 14.4 Å². The van der Waals surface area contributed by atoms with Gasteiger partial charge < -0.3 is 10.6 Å². The summed E-state index contributed by atoms with van der Waals surface area (Å²) in [6, 6.07) is -0.394. The normalized spacial score (nSPS) is 31.7. The Balaban J connectivity index is 1.43. The van der Waals surface area contributed by atoms with E-state index in [0.717, 1.165) is 37.0 Å². The Bertz CT molecular complexity index is 576. The second-order valence-corrected chi connectivity index (χ2v) is 10.2. The molecule has 4 fully saturated rings. The molecule has 0 unspecified atom stereocenters. The molecule has 0 spiro atoms. The van der Waals surface area contributed by atoms with Crippen LogP contribution in [0.25, 0.3) is 0 Å². The molecule has 0 aliphatic heterocycles. The monoisotopic (exact) mass is 378 g/mol. The summed E-state index contributed by atoms with van der Waals surface area (Å²) in [5, 5.41) is 8.43. The average Bonchev–Trinajstić information content (AvgIpc) is 2.41. The predicted molar refractivity (Wildman–Crippen MR) is 103 cm³/mol. The molecule has 4 aliphatic carbocycles. The zero-order valence-electron chi connectivity index (χ0n) is 17.1. The van der Waals surface area contributed by atoms with Crippen LogP contribution in [0.5, 0.6) is 0 Å². The quantitative estimate of drug-likeness (QED) is 0.678. The number of nitrogens with one attached hydrogen (secondary N) is 3. The first-order chi connectivity index (χ1) is 12.5. The van der Waals surface area contributed by atoms with Crippen LogP contribution in [0.2, 0.25) is 0 Å². The van der Waals surface area contributed by atoms with Crippen LogP contribution < -0.4 is 16.0 Å². The number of carbonyl (C=O) groups is 3. The summed E-state index contributed by atoms with van der Waals surface area (Å²) in [7, 11) is 1.69. The van der Waals surface area contributed by atoms with Crippen LogP contribution in [0.3, 0.4) is 0 Å². The highest BCUT2D eigenvalue weighted by molar-refractivity contribution is 5.95. The highest BCUT2D eigenvalue weighted by Gasteiger charge is 2.51. The van der Waals surface area contributed by atoms with E-state index in [2.05, 4.69) is 16.0 Å². The van der Waals surface area contributed by atoms with Gasteiger partial charge in [0, 0.05) is 11.1 Å². The molecule has 4 amide bonds. The summed E-state index contributed by atoms with van der Waals surface area (Å²) in [5.74, 6) is 1.68. The molecule has 4 saturated carbocycles. The van der Waals surface area contributed by atoms with Crippen molar-refractivity contribution in [2.75, 3.05) is 20.1 Å². The van der Waals surface area contributed by atoms with E-state index >= 15 is 0 Å². The Labute approximate surface area is 162 Å². The van der Waals surface area contributed by atoms with E-state index in [1.54, 1.807) is 11.9 Å². The topological polar surface area (TPSA) is 90.5 Å². The molecule has 0 aromatic heterocycles. The first-order valence-electron chi connectivity index (χ1n) is 10.1. The Hall–Kier alpha value is -1.63. The minimum Gasteiger partial charge on any atom is -0.350 e. The molecular weight excluding hydrogens is 344 g/mol. The molecule has 4 aliphatic rings. The standard InChI is InChI=1S/C20H34N4O3/c1-19(2,3)22-17(26)12-24(4)11-16(25)21-18(27)23-20-8-13-5-14(9-20)7-15(6-13)10-20/h13-15H,5-12H2,1-4H3,(H,22,26)(H2,21,23,25,27). The van der Waals surface area contributed by atoms with Gasteiger partial charge in [0.25, 0.3) is 0 Å². The molecule has 7 heteroatoms. The van der Waals surface area contributed by atoms with Gasteiger partial charge >= 0.3 is 6.03 Å². The number of likely N-dealkylation sites (N-methyl/N-ethyl adjacent to an activating group) is 1. The maximum atomic E-state index is 12.4. The number of hydrogen-bond donors (Lipinski definition) is 3. The van der Waals surface area contributed by atoms with Gasteiger partial charge in [-0.1, -0.05) is 0 Å². The van der Waals surface area contributed by atoms with Gasteiger partial charge in [-0.05, 0) is 84.1 Å². The van der Waals surface area contributed by atoms with Crippen molar-refractivity contribution in [3.63, 3.8) is 0 Å². The maximum Gasteiger partial charge on any atom is 0.321 e. The van der Waals surface area contributed by atoms with Gasteiger partial charge in [-0.15, -0.1) is 0 Å². The SMILES string of the molecule is CN(CC(=O)NC(=O)NC12CC3CC(CC(C3)C1)C2)CC(=O)NC(C)(C)C. The van der Waals surface area contributed by atoms with Crippen LogP contribution in [-0.4, -0.2) is 54.0 Å². The molecule has 0 heterocycles. The number of carbonyl (C=O) groups excluding carboxylic acids is 3. The number of urea groups is 1. The molecule has 0 saturated heterocycles. The molecule has 0 aromatic carbocycles. The van der Waals surface area contributed by atoms with Gasteiger partial charge in [0.15, 0.2) is 0 Å². The molecule has 0 atom stereocenters. The van der Waals surface area contributed by atoms with E-state index < -0.39 is 6.03 Å². The first kappa shape index (κ1) is 20.1. The van der Waals surface area contributed by atoms with Crippen LogP contribution in [0, 0.1) is 17.8 Å². The van der Waals surface area contributed by atoms with Crippen molar-refractivity contribution in [1.29, 1.82) is 0 Å². The summed E-state index contributed by atoms with van der Waals surface area (Å²) in [4.78, 5) is 38.1. The number of imide groups is 1. The van der Waals surface area contributed by atoms with E-state index in [4.69, 9.17) is 0 Å². The number of nitrogens with zero attached hydrogens (tertiary/aromatic N) is 1. The lowest BCUT2D eigenvalue weighted by Crippen LogP contribution is -2.62. The molecule has 7 nitrogen and oxygen atoms in total. The zero-order valence-corrected chi connectivity index (χ0v) is 17.1. The number of amides is 4. The highest BCUT2D eigenvalue weighted by atomic mass is 16.2. The fourth-order valence-electron chi connectivity index (χ4n) is 5.71. The fourth-order valence-corrected chi connectivity index (χ4v) is 5.71. The zero-order chi connectivity index (χ0) is 19.8. The van der Waals surface area contributed by atoms with E-state index in [-0.39, 0.29) is 36.0 Å². The lowest BCUT2D eigenvalue weighted by atomic mass is 9.53. The Kier molecular flexibility index (Phi) is 5.52. The van der Waals surface area contributed by atoms with Crippen molar-refractivity contribution in [1.82, 2.24) is 20.9 Å². The maximum absolute atomic E-state index is 12.4. The largest absolute Gasteiger partial charge is 0.350 e. The smallest absolute Gasteiger partial charge is 0.321 e. The van der Waals surface area contributed by atoms with Crippen LogP contribution in [-0.2, 0) is 9.59 Å². The third-order valence-electron chi connectivity index (χ3n) is 6.01. The second-order valence-electron chi connectivity index (χ2n) is 10.2. The van der Waals surface area contributed by atoms with Gasteiger partial charge in [0.05, 0.1) is 13.1 Å². The van der Waals surface area contributed by atoms with Crippen LogP contribution in [0.1, 0.15) is 59.3 Å². The lowest BCUT2D eigenvalue weighted by molar-refractivity contribution is -0.124. The predicted octanol–water partition coefficient (Wildman–Crippen LogP) is 1.63. The van der Waals surface area contributed by atoms with Crippen LogP contribution >= 0.6 is 0 Å². The van der Waals surface area contributed by atoms with E-state index in [1.165, 1.54) is 19.3 Å². The van der Waals surface area contributed by atoms with Crippen molar-refractivity contribution in [3.8, 4) is 0 Å². The van der Waals surface area contributed by atoms with Crippen molar-refractivity contribution in [2.24, 2.45) is 17.8 Å². The number of hydrogen-bond acceptors (Lipinski definition) is 4. The van der Waals surface area contributed by atoms with Gasteiger partial charge in [-0.25, -0.2) is 4.79 Å². The van der Waals surface area contributed by atoms with Crippen LogP contribution in [0.4, 0.5) is 4.79 Å². The lowest BCUT2D eigenvalue weighted by Gasteiger charge is -2.56. The summed E-state index contributed by atoms with van der Waals surface area (Å²) >= 11 is 0. The third kappa shape index (κ3) is 5.43. The second kappa shape index (κ2) is 7.41. The van der Waals surface area contributed by atoms with Gasteiger partial charge in [-0.3, -0.25) is 19.8 Å². The Morgan fingerprint density at radius 3 is 1.89 bits per heavy atom. The Morgan fingerprint density at radius 1 is 0.926 bits per heavy atom. The molecule has 4 bridgehead atoms. The van der Waals surface area contributed by atoms with Gasteiger partial charge in [0.1, 0.15) is 0 Å². The molecule has 152 valence electrons. The molecule has 0 radical (unpaired) electrons. The van der Waals surface area contributed by atoms with E-state index in [1.807, 2.05) is 20.8 Å².